The molecule has 0 radical (unpaired) electrons. The lowest BCUT2D eigenvalue weighted by molar-refractivity contribution is -0.129. The van der Waals surface area contributed by atoms with Gasteiger partial charge in [-0.3, -0.25) is 9.78 Å². The summed E-state index contributed by atoms with van der Waals surface area (Å²) in [6, 6.07) is 11.3. The van der Waals surface area contributed by atoms with Crippen LogP contribution in [0.5, 0.6) is 5.75 Å². The fraction of sp³-hybridized carbons (Fsp3) is 0.368. The minimum atomic E-state index is -0.505. The molecule has 0 bridgehead atoms. The molecule has 0 unspecified atom stereocenters. The highest BCUT2D eigenvalue weighted by Gasteiger charge is 2.23. The molecule has 0 aliphatic heterocycles. The topological polar surface area (TPSA) is 63.2 Å². The Morgan fingerprint density at radius 2 is 1.92 bits per heavy atom. The SMILES string of the molecule is Cc1cnccc1NCCNC(=O)[C@@H](Oc1ccccc1)C(C)C. The molecule has 0 aliphatic carbocycles. The van der Waals surface area contributed by atoms with Crippen molar-refractivity contribution in [3.8, 4) is 5.75 Å². The van der Waals surface area contributed by atoms with E-state index < -0.39 is 6.10 Å². The van der Waals surface area contributed by atoms with Gasteiger partial charge in [0.1, 0.15) is 5.75 Å². The van der Waals surface area contributed by atoms with Crippen LogP contribution in [0.1, 0.15) is 19.4 Å². The van der Waals surface area contributed by atoms with Crippen LogP contribution < -0.4 is 15.4 Å². The maximum atomic E-state index is 12.4. The lowest BCUT2D eigenvalue weighted by Crippen LogP contribution is -2.43. The van der Waals surface area contributed by atoms with E-state index >= 15 is 0 Å². The van der Waals surface area contributed by atoms with Gasteiger partial charge in [0.25, 0.3) is 5.91 Å². The van der Waals surface area contributed by atoms with E-state index in [1.54, 1.807) is 6.20 Å². The maximum absolute atomic E-state index is 12.4. The van der Waals surface area contributed by atoms with Gasteiger partial charge in [0.2, 0.25) is 0 Å². The van der Waals surface area contributed by atoms with Crippen molar-refractivity contribution in [3.63, 3.8) is 0 Å². The summed E-state index contributed by atoms with van der Waals surface area (Å²) in [5.74, 6) is 0.694. The molecule has 2 aromatic rings. The van der Waals surface area contributed by atoms with Crippen molar-refractivity contribution < 1.29 is 9.53 Å². The second-order valence-electron chi connectivity index (χ2n) is 6.00. The van der Waals surface area contributed by atoms with Crippen molar-refractivity contribution in [2.24, 2.45) is 5.92 Å². The quantitative estimate of drug-likeness (QED) is 0.732. The van der Waals surface area contributed by atoms with Crippen LogP contribution in [-0.4, -0.2) is 30.1 Å². The maximum Gasteiger partial charge on any atom is 0.261 e. The van der Waals surface area contributed by atoms with E-state index in [4.69, 9.17) is 4.74 Å². The minimum absolute atomic E-state index is 0.0839. The van der Waals surface area contributed by atoms with Gasteiger partial charge in [-0.05, 0) is 36.6 Å². The van der Waals surface area contributed by atoms with Crippen molar-refractivity contribution >= 4 is 11.6 Å². The van der Waals surface area contributed by atoms with E-state index in [0.717, 1.165) is 11.3 Å². The molecule has 5 nitrogen and oxygen atoms in total. The fourth-order valence-electron chi connectivity index (χ4n) is 2.29. The first-order valence-electron chi connectivity index (χ1n) is 8.22. The Labute approximate surface area is 143 Å². The lowest BCUT2D eigenvalue weighted by atomic mass is 10.1. The van der Waals surface area contributed by atoms with Gasteiger partial charge in [-0.2, -0.15) is 0 Å². The predicted molar refractivity (Wildman–Crippen MR) is 96.2 cm³/mol. The molecule has 1 aromatic heterocycles. The van der Waals surface area contributed by atoms with Gasteiger partial charge in [0, 0.05) is 31.2 Å². The van der Waals surface area contributed by atoms with Crippen LogP contribution in [0.4, 0.5) is 5.69 Å². The van der Waals surface area contributed by atoms with Crippen molar-refractivity contribution in [2.75, 3.05) is 18.4 Å². The number of nitrogens with zero attached hydrogens (tertiary/aromatic N) is 1. The van der Waals surface area contributed by atoms with Gasteiger partial charge in [-0.15, -0.1) is 0 Å². The molecular weight excluding hydrogens is 302 g/mol. The highest BCUT2D eigenvalue weighted by Crippen LogP contribution is 2.15. The van der Waals surface area contributed by atoms with Gasteiger partial charge < -0.3 is 15.4 Å². The Kier molecular flexibility index (Phi) is 6.61. The number of carbonyl (C=O) groups is 1. The molecule has 128 valence electrons. The summed E-state index contributed by atoms with van der Waals surface area (Å²) in [7, 11) is 0. The Morgan fingerprint density at radius 3 is 2.58 bits per heavy atom. The minimum Gasteiger partial charge on any atom is -0.480 e. The van der Waals surface area contributed by atoms with Gasteiger partial charge in [0.05, 0.1) is 0 Å². The standard InChI is InChI=1S/C19H25N3O2/c1-14(2)18(24-16-7-5-4-6-8-16)19(23)22-12-11-21-17-9-10-20-13-15(17)3/h4-10,13-14,18H,11-12H2,1-3H3,(H,20,21)(H,22,23)/t18-/m0/s1. The Balaban J connectivity index is 1.81. The number of benzene rings is 1. The third kappa shape index (κ3) is 5.26. The Hall–Kier alpha value is -2.56. The zero-order valence-corrected chi connectivity index (χ0v) is 14.5. The van der Waals surface area contributed by atoms with Crippen LogP contribution in [0, 0.1) is 12.8 Å². The number of hydrogen-bond acceptors (Lipinski definition) is 4. The monoisotopic (exact) mass is 327 g/mol. The first-order chi connectivity index (χ1) is 11.6. The van der Waals surface area contributed by atoms with Gasteiger partial charge >= 0.3 is 0 Å². The highest BCUT2D eigenvalue weighted by molar-refractivity contribution is 5.81. The van der Waals surface area contributed by atoms with E-state index in [1.165, 1.54) is 0 Å². The second-order valence-corrected chi connectivity index (χ2v) is 6.00. The van der Waals surface area contributed by atoms with Gasteiger partial charge in [0.15, 0.2) is 6.10 Å². The van der Waals surface area contributed by atoms with Crippen LogP contribution in [0.3, 0.4) is 0 Å². The third-order valence-electron chi connectivity index (χ3n) is 3.63. The number of para-hydroxylation sites is 1. The number of ether oxygens (including phenoxy) is 1. The molecule has 1 heterocycles. The van der Waals surface area contributed by atoms with Crippen LogP contribution in [0.25, 0.3) is 0 Å². The number of amides is 1. The van der Waals surface area contributed by atoms with E-state index in [2.05, 4.69) is 15.6 Å². The average molecular weight is 327 g/mol. The first kappa shape index (κ1) is 17.8. The summed E-state index contributed by atoms with van der Waals surface area (Å²) in [5, 5.41) is 6.22. The molecule has 1 aromatic carbocycles. The number of rotatable bonds is 8. The number of nitrogens with one attached hydrogen (secondary N) is 2. The summed E-state index contributed by atoms with van der Waals surface area (Å²) in [6.07, 6.45) is 3.05. The number of pyridine rings is 1. The van der Waals surface area contributed by atoms with Crippen LogP contribution in [0.2, 0.25) is 0 Å². The molecule has 0 fully saturated rings. The molecule has 0 saturated heterocycles. The molecule has 0 aliphatic rings. The molecular formula is C19H25N3O2. The molecule has 2 N–H and O–H groups in total. The molecule has 1 atom stereocenters. The zero-order valence-electron chi connectivity index (χ0n) is 14.5. The second kappa shape index (κ2) is 8.91. The number of hydrogen-bond donors (Lipinski definition) is 2. The van der Waals surface area contributed by atoms with Crippen molar-refractivity contribution in [2.45, 2.75) is 26.9 Å². The summed E-state index contributed by atoms with van der Waals surface area (Å²) in [6.45, 7) is 7.13. The van der Waals surface area contributed by atoms with Crippen molar-refractivity contribution in [1.29, 1.82) is 0 Å². The highest BCUT2D eigenvalue weighted by atomic mass is 16.5. The third-order valence-corrected chi connectivity index (χ3v) is 3.63. The number of carbonyl (C=O) groups excluding carboxylic acids is 1. The fourth-order valence-corrected chi connectivity index (χ4v) is 2.29. The zero-order chi connectivity index (χ0) is 17.4. The smallest absolute Gasteiger partial charge is 0.261 e. The predicted octanol–water partition coefficient (Wildman–Crippen LogP) is 3.02. The van der Waals surface area contributed by atoms with Crippen LogP contribution >= 0.6 is 0 Å². The molecule has 0 spiro atoms. The average Bonchev–Trinajstić information content (AvgIpc) is 2.58. The van der Waals surface area contributed by atoms with E-state index in [0.29, 0.717) is 18.8 Å². The number of aryl methyl sites for hydroxylation is 1. The van der Waals surface area contributed by atoms with Gasteiger partial charge in [-0.25, -0.2) is 0 Å². The van der Waals surface area contributed by atoms with Crippen molar-refractivity contribution in [3.05, 3.63) is 54.4 Å². The van der Waals surface area contributed by atoms with E-state index in [1.807, 2.05) is 63.4 Å². The Bertz CT molecular complexity index is 644. The van der Waals surface area contributed by atoms with E-state index in [9.17, 15) is 4.79 Å². The molecule has 1 amide bonds. The van der Waals surface area contributed by atoms with E-state index in [-0.39, 0.29) is 11.8 Å². The van der Waals surface area contributed by atoms with Crippen LogP contribution in [-0.2, 0) is 4.79 Å². The number of anilines is 1. The summed E-state index contributed by atoms with van der Waals surface area (Å²) < 4.78 is 5.83. The van der Waals surface area contributed by atoms with Gasteiger partial charge in [-0.1, -0.05) is 32.0 Å². The molecule has 5 heteroatoms. The summed E-state index contributed by atoms with van der Waals surface area (Å²) in [4.78, 5) is 16.5. The summed E-state index contributed by atoms with van der Waals surface area (Å²) >= 11 is 0. The summed E-state index contributed by atoms with van der Waals surface area (Å²) in [5.41, 5.74) is 2.11. The van der Waals surface area contributed by atoms with Crippen LogP contribution in [0.15, 0.2) is 48.8 Å². The number of aromatic nitrogens is 1. The van der Waals surface area contributed by atoms with Crippen molar-refractivity contribution in [1.82, 2.24) is 10.3 Å². The molecule has 0 saturated carbocycles. The normalized spacial score (nSPS) is 11.8. The largest absolute Gasteiger partial charge is 0.480 e. The molecule has 2 rings (SSSR count). The lowest BCUT2D eigenvalue weighted by Gasteiger charge is -2.22. The molecule has 24 heavy (non-hydrogen) atoms. The first-order valence-corrected chi connectivity index (χ1v) is 8.22. The Morgan fingerprint density at radius 1 is 1.17 bits per heavy atom.